The summed E-state index contributed by atoms with van der Waals surface area (Å²) in [4.78, 5) is 39.4. The van der Waals surface area contributed by atoms with Gasteiger partial charge in [-0.2, -0.15) is 0 Å². The molecule has 2 N–H and O–H groups in total. The molecule has 3 aromatic carbocycles. The van der Waals surface area contributed by atoms with Crippen LogP contribution in [-0.2, 0) is 25.5 Å². The fourth-order valence-corrected chi connectivity index (χ4v) is 4.28. The van der Waals surface area contributed by atoms with Gasteiger partial charge in [0.2, 0.25) is 0 Å². The molecule has 4 rings (SSSR count). The number of esters is 1. The van der Waals surface area contributed by atoms with E-state index in [2.05, 4.69) is 15.9 Å². The number of hydrogen-bond donors (Lipinski definition) is 2. The van der Waals surface area contributed by atoms with Gasteiger partial charge in [-0.15, -0.1) is 0 Å². The monoisotopic (exact) mass is 535 g/mol. The molecular weight excluding hydrogens is 514 g/mol. The molecule has 1 amide bonds. The lowest BCUT2D eigenvalue weighted by Gasteiger charge is -2.25. The lowest BCUT2D eigenvalue weighted by atomic mass is 9.94. The average molecular weight is 536 g/mol. The maximum atomic E-state index is 13.2. The van der Waals surface area contributed by atoms with Gasteiger partial charge < -0.3 is 14.9 Å². The predicted octanol–water partition coefficient (Wildman–Crippen LogP) is 4.80. The largest absolute Gasteiger partial charge is 0.508 e. The Kier molecular flexibility index (Phi) is 6.75. The molecule has 1 aliphatic rings. The summed E-state index contributed by atoms with van der Waals surface area (Å²) < 4.78 is 5.54. The van der Waals surface area contributed by atoms with E-state index in [1.54, 1.807) is 54.6 Å². The number of Topliss-reactive ketones (excluding diaryl/α,β-unsaturated/α-hetero) is 1. The number of aliphatic hydroxyl groups is 1. The number of benzene rings is 3. The number of phenols is 1. The van der Waals surface area contributed by atoms with Gasteiger partial charge in [0.1, 0.15) is 11.5 Å². The molecule has 1 fully saturated rings. The van der Waals surface area contributed by atoms with Crippen LogP contribution in [-0.4, -0.2) is 35.0 Å². The van der Waals surface area contributed by atoms with Crippen LogP contribution in [0, 0.1) is 6.92 Å². The number of ether oxygens (including phenoxy) is 1. The number of nitrogens with zero attached hydrogens (tertiary/aromatic N) is 1. The zero-order chi connectivity index (χ0) is 25.3. The molecule has 0 radical (unpaired) electrons. The Labute approximate surface area is 210 Å². The molecular formula is C27H22BrNO6. The number of aromatic hydroxyl groups is 1. The second kappa shape index (κ2) is 9.76. The average Bonchev–Trinajstić information content (AvgIpc) is 3.11. The van der Waals surface area contributed by atoms with Gasteiger partial charge >= 0.3 is 5.97 Å². The van der Waals surface area contributed by atoms with Crippen molar-refractivity contribution in [3.05, 3.63) is 99.0 Å². The summed E-state index contributed by atoms with van der Waals surface area (Å²) in [5.74, 6) is -2.27. The van der Waals surface area contributed by atoms with E-state index in [-0.39, 0.29) is 23.5 Å². The highest BCUT2D eigenvalue weighted by Crippen LogP contribution is 2.42. The van der Waals surface area contributed by atoms with Crippen molar-refractivity contribution in [2.75, 3.05) is 12.0 Å². The molecule has 3 aromatic rings. The van der Waals surface area contributed by atoms with Crippen molar-refractivity contribution >= 4 is 45.0 Å². The van der Waals surface area contributed by atoms with Crippen molar-refractivity contribution < 1.29 is 29.3 Å². The van der Waals surface area contributed by atoms with Crippen LogP contribution < -0.4 is 4.90 Å². The van der Waals surface area contributed by atoms with Crippen molar-refractivity contribution in [3.8, 4) is 5.75 Å². The number of halogens is 1. The summed E-state index contributed by atoms with van der Waals surface area (Å²) >= 11 is 3.42. The normalized spacial score (nSPS) is 17.0. The molecule has 0 bridgehead atoms. The number of amides is 1. The summed E-state index contributed by atoms with van der Waals surface area (Å²) in [6.07, 6.45) is 0.0694. The van der Waals surface area contributed by atoms with Crippen LogP contribution in [0.15, 0.2) is 76.8 Å². The number of ketones is 1. The molecule has 8 heteroatoms. The second-order valence-electron chi connectivity index (χ2n) is 8.14. The fraction of sp³-hybridized carbons (Fsp3) is 0.148. The van der Waals surface area contributed by atoms with E-state index in [1.165, 1.54) is 24.1 Å². The molecule has 1 heterocycles. The van der Waals surface area contributed by atoms with Crippen molar-refractivity contribution in [3.63, 3.8) is 0 Å². The van der Waals surface area contributed by atoms with Crippen LogP contribution in [0.4, 0.5) is 5.69 Å². The van der Waals surface area contributed by atoms with E-state index in [1.807, 2.05) is 6.92 Å². The zero-order valence-corrected chi connectivity index (χ0v) is 20.6. The molecule has 0 aliphatic carbocycles. The highest BCUT2D eigenvalue weighted by Gasteiger charge is 2.47. The Morgan fingerprint density at radius 2 is 1.69 bits per heavy atom. The Morgan fingerprint density at radius 3 is 2.29 bits per heavy atom. The molecule has 1 aliphatic heterocycles. The molecule has 1 atom stereocenters. The van der Waals surface area contributed by atoms with Crippen LogP contribution in [0.2, 0.25) is 0 Å². The van der Waals surface area contributed by atoms with Gasteiger partial charge in [0.25, 0.3) is 11.7 Å². The van der Waals surface area contributed by atoms with Gasteiger partial charge in [-0.05, 0) is 60.0 Å². The smallest absolute Gasteiger partial charge is 0.309 e. The minimum absolute atomic E-state index is 0.0291. The van der Waals surface area contributed by atoms with Crippen LogP contribution in [0.5, 0.6) is 5.75 Å². The number of carbonyl (C=O) groups is 3. The molecule has 35 heavy (non-hydrogen) atoms. The summed E-state index contributed by atoms with van der Waals surface area (Å²) in [6.45, 7) is 1.85. The third kappa shape index (κ3) is 4.70. The minimum Gasteiger partial charge on any atom is -0.508 e. The number of carbonyl (C=O) groups excluding carboxylic acids is 3. The van der Waals surface area contributed by atoms with Gasteiger partial charge in [0.15, 0.2) is 0 Å². The van der Waals surface area contributed by atoms with Gasteiger partial charge in [-0.3, -0.25) is 19.3 Å². The van der Waals surface area contributed by atoms with E-state index in [9.17, 15) is 24.6 Å². The molecule has 0 aromatic heterocycles. The third-order valence-corrected chi connectivity index (χ3v) is 6.77. The number of hydrogen-bond acceptors (Lipinski definition) is 6. The van der Waals surface area contributed by atoms with Crippen molar-refractivity contribution in [2.45, 2.75) is 19.4 Å². The van der Waals surface area contributed by atoms with Gasteiger partial charge in [0.05, 0.1) is 25.1 Å². The molecule has 1 unspecified atom stereocenters. The SMILES string of the molecule is COC(=O)Cc1ccc(N2C(=O)C(=O)/C(=C(\O)c3ccc(Br)c(C)c3)C2c2ccc(O)cc2)cc1. The Balaban J connectivity index is 1.85. The summed E-state index contributed by atoms with van der Waals surface area (Å²) in [5, 5.41) is 21.0. The Bertz CT molecular complexity index is 1350. The minimum atomic E-state index is -0.925. The quantitative estimate of drug-likeness (QED) is 0.210. The highest BCUT2D eigenvalue weighted by molar-refractivity contribution is 9.10. The van der Waals surface area contributed by atoms with Crippen LogP contribution >= 0.6 is 15.9 Å². The molecule has 7 nitrogen and oxygen atoms in total. The van der Waals surface area contributed by atoms with Crippen LogP contribution in [0.1, 0.15) is 28.3 Å². The first-order chi connectivity index (χ1) is 16.7. The first kappa shape index (κ1) is 24.2. The second-order valence-corrected chi connectivity index (χ2v) is 9.00. The maximum absolute atomic E-state index is 13.2. The van der Waals surface area contributed by atoms with Gasteiger partial charge in [-0.25, -0.2) is 0 Å². The molecule has 178 valence electrons. The van der Waals surface area contributed by atoms with Crippen molar-refractivity contribution in [1.29, 1.82) is 0 Å². The summed E-state index contributed by atoms with van der Waals surface area (Å²) in [6, 6.07) is 17.0. The zero-order valence-electron chi connectivity index (χ0n) is 19.0. The number of aliphatic hydroxyl groups excluding tert-OH is 1. The van der Waals surface area contributed by atoms with Crippen molar-refractivity contribution in [2.24, 2.45) is 0 Å². The lowest BCUT2D eigenvalue weighted by molar-refractivity contribution is -0.139. The van der Waals surface area contributed by atoms with Crippen LogP contribution in [0.3, 0.4) is 0 Å². The molecule has 0 spiro atoms. The van der Waals surface area contributed by atoms with E-state index in [0.717, 1.165) is 10.0 Å². The first-order valence-corrected chi connectivity index (χ1v) is 11.5. The number of rotatable bonds is 5. The first-order valence-electron chi connectivity index (χ1n) is 10.7. The van der Waals surface area contributed by atoms with E-state index in [4.69, 9.17) is 4.74 Å². The number of methoxy groups -OCH3 is 1. The molecule has 1 saturated heterocycles. The summed E-state index contributed by atoms with van der Waals surface area (Å²) in [7, 11) is 1.31. The van der Waals surface area contributed by atoms with Crippen molar-refractivity contribution in [1.82, 2.24) is 0 Å². The summed E-state index contributed by atoms with van der Waals surface area (Å²) in [5.41, 5.74) is 2.84. The number of aryl methyl sites for hydroxylation is 1. The van der Waals surface area contributed by atoms with E-state index >= 15 is 0 Å². The molecule has 0 saturated carbocycles. The van der Waals surface area contributed by atoms with Gasteiger partial charge in [-0.1, -0.05) is 46.3 Å². The van der Waals surface area contributed by atoms with E-state index < -0.39 is 23.7 Å². The third-order valence-electron chi connectivity index (χ3n) is 5.88. The standard InChI is InChI=1S/C27H22BrNO6/c1-15-13-18(7-12-21(15)28)25(32)23-24(17-5-10-20(30)11-6-17)29(27(34)26(23)33)19-8-3-16(4-9-19)14-22(31)35-2/h3-13,24,30,32H,14H2,1-2H3/b25-23-. The van der Waals surface area contributed by atoms with E-state index in [0.29, 0.717) is 22.4 Å². The fourth-order valence-electron chi connectivity index (χ4n) is 4.03. The van der Waals surface area contributed by atoms with Crippen LogP contribution in [0.25, 0.3) is 5.76 Å². The topological polar surface area (TPSA) is 104 Å². The highest BCUT2D eigenvalue weighted by atomic mass is 79.9. The lowest BCUT2D eigenvalue weighted by Crippen LogP contribution is -2.29. The van der Waals surface area contributed by atoms with Gasteiger partial charge in [0, 0.05) is 15.7 Å². The Hall–Kier alpha value is -3.91. The number of phenolic OH excluding ortho intramolecular Hbond substituents is 1. The number of anilines is 1. The maximum Gasteiger partial charge on any atom is 0.309 e. The Morgan fingerprint density at radius 1 is 1.03 bits per heavy atom. The predicted molar refractivity (Wildman–Crippen MR) is 134 cm³/mol.